The molecule has 4 heteroatoms. The Hall–Kier alpha value is -0.900. The summed E-state index contributed by atoms with van der Waals surface area (Å²) in [6, 6.07) is 0. The molecule has 0 amide bonds. The van der Waals surface area contributed by atoms with Crippen LogP contribution in [0.5, 0.6) is 0 Å². The summed E-state index contributed by atoms with van der Waals surface area (Å²) < 4.78 is 5.42. The second kappa shape index (κ2) is 5.00. The molecule has 1 aliphatic carbocycles. The van der Waals surface area contributed by atoms with Crippen LogP contribution in [0.15, 0.2) is 4.52 Å². The third-order valence-corrected chi connectivity index (χ3v) is 3.58. The monoisotopic (exact) mass is 251 g/mol. The van der Waals surface area contributed by atoms with E-state index in [1.165, 1.54) is 12.8 Å². The third kappa shape index (κ3) is 3.31. The van der Waals surface area contributed by atoms with Crippen molar-refractivity contribution in [2.24, 2.45) is 11.1 Å². The van der Waals surface area contributed by atoms with Crippen molar-refractivity contribution in [2.45, 2.75) is 71.3 Å². The van der Waals surface area contributed by atoms with Gasteiger partial charge in [0.15, 0.2) is 5.82 Å². The van der Waals surface area contributed by atoms with Gasteiger partial charge in [-0.05, 0) is 18.3 Å². The van der Waals surface area contributed by atoms with Crippen molar-refractivity contribution >= 4 is 0 Å². The van der Waals surface area contributed by atoms with Crippen LogP contribution < -0.4 is 5.73 Å². The molecule has 0 aliphatic heterocycles. The lowest BCUT2D eigenvalue weighted by molar-refractivity contribution is 0.255. The average Bonchev–Trinajstić information content (AvgIpc) is 2.58. The molecule has 2 N–H and O–H groups in total. The van der Waals surface area contributed by atoms with Crippen LogP contribution in [0, 0.1) is 5.41 Å². The Morgan fingerprint density at radius 2 is 1.78 bits per heavy atom. The van der Waals surface area contributed by atoms with Gasteiger partial charge in [-0.2, -0.15) is 4.98 Å². The Balaban J connectivity index is 2.13. The summed E-state index contributed by atoms with van der Waals surface area (Å²) in [6.07, 6.45) is 7.60. The van der Waals surface area contributed by atoms with E-state index in [0.717, 1.165) is 37.9 Å². The van der Waals surface area contributed by atoms with Gasteiger partial charge in [0.1, 0.15) is 0 Å². The fourth-order valence-electron chi connectivity index (χ4n) is 2.58. The first-order valence-corrected chi connectivity index (χ1v) is 7.01. The van der Waals surface area contributed by atoms with E-state index in [0.29, 0.717) is 5.89 Å². The summed E-state index contributed by atoms with van der Waals surface area (Å²) in [5, 5.41) is 4.09. The van der Waals surface area contributed by atoms with Gasteiger partial charge >= 0.3 is 0 Å². The van der Waals surface area contributed by atoms with Gasteiger partial charge in [0.25, 0.3) is 0 Å². The molecule has 0 radical (unpaired) electrons. The first kappa shape index (κ1) is 13.5. The average molecular weight is 251 g/mol. The van der Waals surface area contributed by atoms with E-state index in [2.05, 4.69) is 30.9 Å². The lowest BCUT2D eigenvalue weighted by atomic mass is 9.90. The van der Waals surface area contributed by atoms with Crippen LogP contribution in [0.2, 0.25) is 0 Å². The Kier molecular flexibility index (Phi) is 3.76. The normalized spacial score (nSPS) is 20.7. The van der Waals surface area contributed by atoms with Gasteiger partial charge in [0, 0.05) is 6.42 Å². The fourth-order valence-corrected chi connectivity index (χ4v) is 2.58. The van der Waals surface area contributed by atoms with Gasteiger partial charge in [0.2, 0.25) is 5.89 Å². The van der Waals surface area contributed by atoms with Crippen molar-refractivity contribution in [3.63, 3.8) is 0 Å². The number of hydrogen-bond acceptors (Lipinski definition) is 4. The van der Waals surface area contributed by atoms with Crippen LogP contribution in [0.4, 0.5) is 0 Å². The van der Waals surface area contributed by atoms with Crippen LogP contribution in [-0.2, 0) is 12.0 Å². The van der Waals surface area contributed by atoms with Crippen molar-refractivity contribution < 1.29 is 4.52 Å². The standard InChI is InChI=1S/C14H25N3O/c1-13(2,3)10-11-16-12(18-17-11)14(15)8-6-4-5-7-9-14/h4-10,15H2,1-3H3. The number of nitrogens with zero attached hydrogens (tertiary/aromatic N) is 2. The van der Waals surface area contributed by atoms with Gasteiger partial charge in [-0.3, -0.25) is 0 Å². The van der Waals surface area contributed by atoms with E-state index >= 15 is 0 Å². The molecule has 0 spiro atoms. The minimum atomic E-state index is -0.389. The number of hydrogen-bond donors (Lipinski definition) is 1. The third-order valence-electron chi connectivity index (χ3n) is 3.58. The summed E-state index contributed by atoms with van der Waals surface area (Å²) in [6.45, 7) is 6.52. The second-order valence-corrected chi connectivity index (χ2v) is 6.82. The first-order valence-electron chi connectivity index (χ1n) is 7.01. The van der Waals surface area contributed by atoms with E-state index in [-0.39, 0.29) is 11.0 Å². The molecule has 18 heavy (non-hydrogen) atoms. The molecule has 0 aromatic carbocycles. The van der Waals surface area contributed by atoms with Crippen molar-refractivity contribution in [1.29, 1.82) is 0 Å². The summed E-state index contributed by atoms with van der Waals surface area (Å²) in [5.41, 5.74) is 6.24. The number of rotatable bonds is 2. The van der Waals surface area contributed by atoms with E-state index < -0.39 is 0 Å². The molecule has 1 aromatic rings. The number of nitrogens with two attached hydrogens (primary N) is 1. The van der Waals surface area contributed by atoms with E-state index in [1.54, 1.807) is 0 Å². The maximum absolute atomic E-state index is 6.46. The molecule has 2 rings (SSSR count). The highest BCUT2D eigenvalue weighted by atomic mass is 16.5. The molecule has 1 aliphatic rings. The zero-order valence-electron chi connectivity index (χ0n) is 11.8. The molecule has 0 bridgehead atoms. The minimum Gasteiger partial charge on any atom is -0.337 e. The molecule has 0 saturated heterocycles. The summed E-state index contributed by atoms with van der Waals surface area (Å²) in [4.78, 5) is 4.53. The fraction of sp³-hybridized carbons (Fsp3) is 0.857. The predicted molar refractivity (Wildman–Crippen MR) is 71.0 cm³/mol. The molecule has 4 nitrogen and oxygen atoms in total. The Bertz CT molecular complexity index is 384. The SMILES string of the molecule is CC(C)(C)Cc1noc(C2(N)CCCCCC2)n1. The molecule has 1 heterocycles. The quantitative estimate of drug-likeness (QED) is 0.820. The van der Waals surface area contributed by atoms with Crippen molar-refractivity contribution in [1.82, 2.24) is 10.1 Å². The zero-order valence-corrected chi connectivity index (χ0v) is 11.8. The van der Waals surface area contributed by atoms with Gasteiger partial charge < -0.3 is 10.3 Å². The Morgan fingerprint density at radius 1 is 1.17 bits per heavy atom. The minimum absolute atomic E-state index is 0.173. The van der Waals surface area contributed by atoms with Crippen molar-refractivity contribution in [3.8, 4) is 0 Å². The maximum Gasteiger partial charge on any atom is 0.246 e. The Labute approximate surface area is 109 Å². The second-order valence-electron chi connectivity index (χ2n) is 6.82. The molecule has 1 fully saturated rings. The van der Waals surface area contributed by atoms with Gasteiger partial charge in [-0.15, -0.1) is 0 Å². The number of aromatic nitrogens is 2. The summed E-state index contributed by atoms with van der Waals surface area (Å²) >= 11 is 0. The highest BCUT2D eigenvalue weighted by Gasteiger charge is 2.34. The highest BCUT2D eigenvalue weighted by molar-refractivity contribution is 5.03. The van der Waals surface area contributed by atoms with E-state index in [4.69, 9.17) is 10.3 Å². The smallest absolute Gasteiger partial charge is 0.246 e. The van der Waals surface area contributed by atoms with Crippen molar-refractivity contribution in [3.05, 3.63) is 11.7 Å². The molecule has 1 saturated carbocycles. The molecular weight excluding hydrogens is 226 g/mol. The summed E-state index contributed by atoms with van der Waals surface area (Å²) in [7, 11) is 0. The van der Waals surface area contributed by atoms with E-state index in [1.807, 2.05) is 0 Å². The largest absolute Gasteiger partial charge is 0.337 e. The van der Waals surface area contributed by atoms with Crippen LogP contribution in [0.3, 0.4) is 0 Å². The van der Waals surface area contributed by atoms with Gasteiger partial charge in [0.05, 0.1) is 5.54 Å². The molecule has 1 aromatic heterocycles. The van der Waals surface area contributed by atoms with Crippen LogP contribution in [-0.4, -0.2) is 10.1 Å². The predicted octanol–water partition coefficient (Wildman–Crippen LogP) is 3.17. The molecule has 0 atom stereocenters. The lowest BCUT2D eigenvalue weighted by Gasteiger charge is -2.22. The van der Waals surface area contributed by atoms with Crippen LogP contribution in [0.1, 0.15) is 71.0 Å². The van der Waals surface area contributed by atoms with Crippen molar-refractivity contribution in [2.75, 3.05) is 0 Å². The lowest BCUT2D eigenvalue weighted by Crippen LogP contribution is -2.36. The van der Waals surface area contributed by atoms with E-state index in [9.17, 15) is 0 Å². The zero-order chi connectivity index (χ0) is 13.2. The Morgan fingerprint density at radius 3 is 2.33 bits per heavy atom. The van der Waals surface area contributed by atoms with Gasteiger partial charge in [-0.25, -0.2) is 0 Å². The van der Waals surface area contributed by atoms with Crippen LogP contribution >= 0.6 is 0 Å². The molecule has 0 unspecified atom stereocenters. The first-order chi connectivity index (χ1) is 8.39. The topological polar surface area (TPSA) is 64.9 Å². The molecular formula is C14H25N3O. The highest BCUT2D eigenvalue weighted by Crippen LogP contribution is 2.33. The summed E-state index contributed by atoms with van der Waals surface area (Å²) in [5.74, 6) is 1.43. The van der Waals surface area contributed by atoms with Gasteiger partial charge in [-0.1, -0.05) is 51.6 Å². The van der Waals surface area contributed by atoms with Crippen LogP contribution in [0.25, 0.3) is 0 Å². The maximum atomic E-state index is 6.46. The molecule has 102 valence electrons.